The topological polar surface area (TPSA) is 0 Å². The van der Waals surface area contributed by atoms with Gasteiger partial charge in [-0.05, 0) is 19.8 Å². The lowest BCUT2D eigenvalue weighted by Gasteiger charge is -2.39. The highest BCUT2D eigenvalue weighted by Gasteiger charge is 2.54. The van der Waals surface area contributed by atoms with Gasteiger partial charge in [0.25, 0.3) is 0 Å². The Balaban J connectivity index is 2.59. The Hall–Kier alpha value is -0.210. The Kier molecular flexibility index (Phi) is 1.26. The summed E-state index contributed by atoms with van der Waals surface area (Å²) in [6.45, 7) is 3.12. The van der Waals surface area contributed by atoms with E-state index in [4.69, 9.17) is 0 Å². The second-order valence-corrected chi connectivity index (χ2v) is 2.63. The molecular formula is C6H8F3. The molecule has 3 heteroatoms. The second kappa shape index (κ2) is 1.64. The summed E-state index contributed by atoms with van der Waals surface area (Å²) in [6, 6.07) is 0. The van der Waals surface area contributed by atoms with E-state index in [1.165, 1.54) is 0 Å². The average Bonchev–Trinajstić information content (AvgIpc) is 1.57. The van der Waals surface area contributed by atoms with Gasteiger partial charge in [-0.2, -0.15) is 13.2 Å². The molecule has 0 bridgehead atoms. The normalized spacial score (nSPS) is 25.3. The van der Waals surface area contributed by atoms with E-state index in [-0.39, 0.29) is 12.8 Å². The zero-order chi connectivity index (χ0) is 7.12. The Morgan fingerprint density at radius 2 is 1.67 bits per heavy atom. The van der Waals surface area contributed by atoms with E-state index in [1.807, 2.05) is 0 Å². The van der Waals surface area contributed by atoms with Gasteiger partial charge in [0.15, 0.2) is 0 Å². The molecule has 0 aliphatic heterocycles. The largest absolute Gasteiger partial charge is 0.394 e. The monoisotopic (exact) mass is 137 g/mol. The zero-order valence-electron chi connectivity index (χ0n) is 4.96. The van der Waals surface area contributed by atoms with Gasteiger partial charge in [0.1, 0.15) is 0 Å². The molecule has 1 saturated carbocycles. The molecule has 1 aliphatic carbocycles. The van der Waals surface area contributed by atoms with Crippen LogP contribution in [0.1, 0.15) is 19.3 Å². The van der Waals surface area contributed by atoms with Gasteiger partial charge in [0.2, 0.25) is 0 Å². The molecule has 0 N–H and O–H groups in total. The van der Waals surface area contributed by atoms with Gasteiger partial charge in [-0.1, -0.05) is 6.42 Å². The van der Waals surface area contributed by atoms with Crippen LogP contribution in [0.3, 0.4) is 0 Å². The molecule has 1 fully saturated rings. The molecule has 1 rings (SSSR count). The predicted octanol–water partition coefficient (Wildman–Crippen LogP) is 2.55. The van der Waals surface area contributed by atoms with Crippen molar-refractivity contribution in [2.24, 2.45) is 5.41 Å². The zero-order valence-corrected chi connectivity index (χ0v) is 4.96. The molecule has 0 saturated heterocycles. The first-order chi connectivity index (χ1) is 3.96. The second-order valence-electron chi connectivity index (χ2n) is 2.63. The molecular weight excluding hydrogens is 129 g/mol. The van der Waals surface area contributed by atoms with Crippen LogP contribution in [0, 0.1) is 12.3 Å². The summed E-state index contributed by atoms with van der Waals surface area (Å²) in [5.41, 5.74) is -1.59. The maximum Gasteiger partial charge on any atom is 0.394 e. The first-order valence-corrected chi connectivity index (χ1v) is 2.88. The van der Waals surface area contributed by atoms with E-state index >= 15 is 0 Å². The minimum atomic E-state index is -4.08. The van der Waals surface area contributed by atoms with Crippen LogP contribution in [0.2, 0.25) is 0 Å². The van der Waals surface area contributed by atoms with E-state index < -0.39 is 11.6 Å². The number of hydrogen-bond donors (Lipinski definition) is 0. The van der Waals surface area contributed by atoms with Crippen LogP contribution in [-0.2, 0) is 0 Å². The highest BCUT2D eigenvalue weighted by Crippen LogP contribution is 2.51. The molecule has 1 aliphatic rings. The highest BCUT2D eigenvalue weighted by atomic mass is 19.4. The molecule has 0 aromatic rings. The van der Waals surface area contributed by atoms with Gasteiger partial charge in [-0.25, -0.2) is 0 Å². The van der Waals surface area contributed by atoms with Crippen molar-refractivity contribution >= 4 is 0 Å². The number of hydrogen-bond acceptors (Lipinski definition) is 0. The fraction of sp³-hybridized carbons (Fsp3) is 0.833. The lowest BCUT2D eigenvalue weighted by Crippen LogP contribution is -2.41. The quantitative estimate of drug-likeness (QED) is 0.481. The van der Waals surface area contributed by atoms with Crippen LogP contribution < -0.4 is 0 Å². The summed E-state index contributed by atoms with van der Waals surface area (Å²) < 4.78 is 35.5. The van der Waals surface area contributed by atoms with Gasteiger partial charge in [-0.15, -0.1) is 0 Å². The van der Waals surface area contributed by atoms with Crippen LogP contribution in [0.4, 0.5) is 13.2 Å². The Morgan fingerprint density at radius 3 is 1.67 bits per heavy atom. The van der Waals surface area contributed by atoms with Crippen LogP contribution in [-0.4, -0.2) is 6.18 Å². The van der Waals surface area contributed by atoms with Crippen molar-refractivity contribution in [2.75, 3.05) is 0 Å². The molecule has 0 amide bonds. The van der Waals surface area contributed by atoms with E-state index in [1.54, 1.807) is 0 Å². The van der Waals surface area contributed by atoms with Gasteiger partial charge < -0.3 is 0 Å². The predicted molar refractivity (Wildman–Crippen MR) is 27.7 cm³/mol. The third kappa shape index (κ3) is 0.926. The molecule has 0 aromatic carbocycles. The summed E-state index contributed by atoms with van der Waals surface area (Å²) in [7, 11) is 0. The van der Waals surface area contributed by atoms with Crippen LogP contribution in [0.15, 0.2) is 0 Å². The SMILES string of the molecule is [CH2]C1(C(F)(F)F)CCC1. The maximum absolute atomic E-state index is 11.8. The summed E-state index contributed by atoms with van der Waals surface area (Å²) in [4.78, 5) is 0. The van der Waals surface area contributed by atoms with Crippen molar-refractivity contribution in [2.45, 2.75) is 25.4 Å². The summed E-state index contributed by atoms with van der Waals surface area (Å²) in [5.74, 6) is 0. The molecule has 0 aromatic heterocycles. The fourth-order valence-corrected chi connectivity index (χ4v) is 0.887. The van der Waals surface area contributed by atoms with Gasteiger partial charge in [0.05, 0.1) is 5.41 Å². The number of alkyl halides is 3. The van der Waals surface area contributed by atoms with E-state index in [9.17, 15) is 13.2 Å². The van der Waals surface area contributed by atoms with Crippen molar-refractivity contribution in [3.8, 4) is 0 Å². The van der Waals surface area contributed by atoms with Crippen molar-refractivity contribution in [3.05, 3.63) is 6.92 Å². The summed E-state index contributed by atoms with van der Waals surface area (Å²) >= 11 is 0. The molecule has 53 valence electrons. The first-order valence-electron chi connectivity index (χ1n) is 2.88. The van der Waals surface area contributed by atoms with Gasteiger partial charge >= 0.3 is 6.18 Å². The van der Waals surface area contributed by atoms with Crippen molar-refractivity contribution in [3.63, 3.8) is 0 Å². The van der Waals surface area contributed by atoms with E-state index in [0.717, 1.165) is 0 Å². The molecule has 0 nitrogen and oxygen atoms in total. The molecule has 0 atom stereocenters. The minimum absolute atomic E-state index is 0.205. The maximum atomic E-state index is 11.8. The van der Waals surface area contributed by atoms with Crippen LogP contribution in [0.25, 0.3) is 0 Å². The van der Waals surface area contributed by atoms with Gasteiger partial charge in [-0.3, -0.25) is 0 Å². The van der Waals surface area contributed by atoms with Gasteiger partial charge in [0, 0.05) is 0 Å². The first kappa shape index (κ1) is 6.90. The summed E-state index contributed by atoms with van der Waals surface area (Å²) in [6.07, 6.45) is -3.00. The lowest BCUT2D eigenvalue weighted by atomic mass is 9.70. The Bertz CT molecular complexity index is 110. The van der Waals surface area contributed by atoms with Crippen LogP contribution >= 0.6 is 0 Å². The van der Waals surface area contributed by atoms with Crippen LogP contribution in [0.5, 0.6) is 0 Å². The molecule has 0 spiro atoms. The molecule has 0 unspecified atom stereocenters. The van der Waals surface area contributed by atoms with Crippen molar-refractivity contribution in [1.82, 2.24) is 0 Å². The Morgan fingerprint density at radius 1 is 1.22 bits per heavy atom. The van der Waals surface area contributed by atoms with E-state index in [2.05, 4.69) is 6.92 Å². The van der Waals surface area contributed by atoms with E-state index in [0.29, 0.717) is 6.42 Å². The number of rotatable bonds is 0. The fourth-order valence-electron chi connectivity index (χ4n) is 0.887. The molecule has 0 heterocycles. The third-order valence-electron chi connectivity index (χ3n) is 1.91. The molecule has 9 heavy (non-hydrogen) atoms. The highest BCUT2D eigenvalue weighted by molar-refractivity contribution is 4.95. The Labute approximate surface area is 52.1 Å². The van der Waals surface area contributed by atoms with Crippen molar-refractivity contribution in [1.29, 1.82) is 0 Å². The minimum Gasteiger partial charge on any atom is -0.171 e. The molecule has 1 radical (unpaired) electrons. The van der Waals surface area contributed by atoms with Crippen molar-refractivity contribution < 1.29 is 13.2 Å². The standard InChI is InChI=1S/C6H8F3/c1-5(3-2-4-5)6(7,8)9/h1-4H2. The summed E-state index contributed by atoms with van der Waals surface area (Å²) in [5, 5.41) is 0. The average molecular weight is 137 g/mol. The smallest absolute Gasteiger partial charge is 0.171 e. The lowest BCUT2D eigenvalue weighted by molar-refractivity contribution is -0.231. The third-order valence-corrected chi connectivity index (χ3v) is 1.91. The number of halogens is 3.